The molecule has 8 heteroatoms. The van der Waals surface area contributed by atoms with Crippen molar-refractivity contribution in [3.8, 4) is 17.2 Å². The fraction of sp³-hybridized carbons (Fsp3) is 0.400. The average molecular weight is 472 g/mol. The van der Waals surface area contributed by atoms with E-state index in [1.807, 2.05) is 30.3 Å². The van der Waals surface area contributed by atoms with Crippen LogP contribution in [0.1, 0.15) is 44.9 Å². The van der Waals surface area contributed by atoms with Crippen LogP contribution in [0.5, 0.6) is 0 Å². The predicted molar refractivity (Wildman–Crippen MR) is 125 cm³/mol. The maximum Gasteiger partial charge on any atom is 0.251 e. The zero-order valence-corrected chi connectivity index (χ0v) is 19.7. The van der Waals surface area contributed by atoms with Crippen molar-refractivity contribution >= 4 is 23.0 Å². The molecule has 33 heavy (non-hydrogen) atoms. The molecule has 1 aromatic heterocycles. The lowest BCUT2D eigenvalue weighted by Crippen LogP contribution is -2.42. The number of hydrogen-bond donors (Lipinski definition) is 0. The molecule has 1 aromatic carbocycles. The Kier molecular flexibility index (Phi) is 7.43. The zero-order chi connectivity index (χ0) is 24.3. The number of alkyl halides is 2. The Labute approximate surface area is 195 Å². The van der Waals surface area contributed by atoms with Gasteiger partial charge in [-0.3, -0.25) is 14.1 Å². The van der Waals surface area contributed by atoms with E-state index in [9.17, 15) is 17.8 Å². The second-order valence-corrected chi connectivity index (χ2v) is 10.1. The van der Waals surface area contributed by atoms with Crippen molar-refractivity contribution in [2.24, 2.45) is 11.8 Å². The number of aromatic nitrogens is 1. The van der Waals surface area contributed by atoms with E-state index >= 15 is 0 Å². The van der Waals surface area contributed by atoms with Gasteiger partial charge in [-0.25, -0.2) is 13.0 Å². The number of pyridine rings is 1. The summed E-state index contributed by atoms with van der Waals surface area (Å²) in [5, 5.41) is 8.42. The molecule has 2 aromatic rings. The molecule has 5 nitrogen and oxygen atoms in total. The predicted octanol–water partition coefficient (Wildman–Crippen LogP) is 5.21. The highest BCUT2D eigenvalue weighted by molar-refractivity contribution is 7.84. The Morgan fingerprint density at radius 1 is 1.30 bits per heavy atom. The molecule has 4 unspecified atom stereocenters. The Hall–Kier alpha value is -2.92. The number of amides is 1. The van der Waals surface area contributed by atoms with E-state index in [4.69, 9.17) is 5.26 Å². The largest absolute Gasteiger partial charge is 0.274 e. The van der Waals surface area contributed by atoms with Crippen LogP contribution in [0.4, 0.5) is 8.78 Å². The minimum atomic E-state index is -2.76. The van der Waals surface area contributed by atoms with Crippen molar-refractivity contribution in [3.05, 3.63) is 60.4 Å². The molecule has 1 aliphatic carbocycles. The Morgan fingerprint density at radius 3 is 2.58 bits per heavy atom. The van der Waals surface area contributed by atoms with E-state index < -0.39 is 28.1 Å². The molecule has 4 rings (SSSR count). The first-order valence-corrected chi connectivity index (χ1v) is 11.9. The van der Waals surface area contributed by atoms with Gasteiger partial charge in [-0.05, 0) is 37.5 Å². The van der Waals surface area contributed by atoms with Crippen LogP contribution in [0.25, 0.3) is 17.2 Å². The van der Waals surface area contributed by atoms with E-state index in [0.29, 0.717) is 12.0 Å². The summed E-state index contributed by atoms with van der Waals surface area (Å²) >= 11 is 0. The van der Waals surface area contributed by atoms with Crippen LogP contribution < -0.4 is 0 Å². The molecule has 2 heterocycles. The molecule has 1 aliphatic heterocycles. The van der Waals surface area contributed by atoms with E-state index in [1.54, 1.807) is 25.3 Å². The molecule has 174 valence electrons. The summed E-state index contributed by atoms with van der Waals surface area (Å²) in [5.41, 5.74) is 3.35. The number of halogens is 2. The maximum atomic E-state index is 13.6. The lowest BCUT2D eigenvalue weighted by molar-refractivity contribution is -0.126. The molecule has 0 radical (unpaired) electrons. The van der Waals surface area contributed by atoms with Gasteiger partial charge in [0.15, 0.2) is 0 Å². The van der Waals surface area contributed by atoms with Gasteiger partial charge in [-0.1, -0.05) is 37.8 Å². The second kappa shape index (κ2) is 9.92. The molecule has 1 saturated heterocycles. The number of carbonyl (C=O) groups excluding carboxylic acids is 1. The third kappa shape index (κ3) is 5.03. The first-order valence-electron chi connectivity index (χ1n) is 10.8. The van der Waals surface area contributed by atoms with Crippen LogP contribution in [-0.2, 0) is 15.8 Å². The van der Waals surface area contributed by atoms with Crippen molar-refractivity contribution in [3.63, 3.8) is 0 Å². The number of hydrogen-bond acceptors (Lipinski definition) is 4. The number of nitrogens with zero attached hydrogens (tertiary/aromatic N) is 3. The molecule has 1 amide bonds. The van der Waals surface area contributed by atoms with Crippen LogP contribution >= 0.6 is 0 Å². The number of rotatable bonds is 2. The number of fused-ring (bicyclic) bond motifs is 1. The van der Waals surface area contributed by atoms with Gasteiger partial charge < -0.3 is 0 Å². The first kappa shape index (κ1) is 24.7. The normalized spacial score (nSPS) is 27.5. The third-order valence-electron chi connectivity index (χ3n) is 6.40. The molecule has 0 spiro atoms. The van der Waals surface area contributed by atoms with E-state index in [2.05, 4.69) is 17.6 Å². The first-order chi connectivity index (χ1) is 15.6. The number of benzene rings is 1. The van der Waals surface area contributed by atoms with Crippen LogP contribution in [0, 0.1) is 23.2 Å². The quantitative estimate of drug-likeness (QED) is 0.602. The van der Waals surface area contributed by atoms with Gasteiger partial charge in [0.25, 0.3) is 5.92 Å². The van der Waals surface area contributed by atoms with Crippen molar-refractivity contribution < 1.29 is 17.8 Å². The maximum absolute atomic E-state index is 13.6. The van der Waals surface area contributed by atoms with E-state index in [0.717, 1.165) is 16.8 Å². The molecule has 5 atom stereocenters. The molecular weight excluding hydrogens is 444 g/mol. The van der Waals surface area contributed by atoms with Crippen molar-refractivity contribution in [2.45, 2.75) is 50.8 Å². The molecule has 1 saturated carbocycles. The summed E-state index contributed by atoms with van der Waals surface area (Å²) in [7, 11) is -1.60. The average Bonchev–Trinajstić information content (AvgIpc) is 3.03. The standard InChI is InChI=1S/C14H10N2.C11H17F2NO2S/c1-2-13-8-7-12(10-16-13)14-6-4-3-5-11(14)9-15;1-6-4-9-7(2)14(8(3)15)17(16)10(9)5-11(6,12)13/h2-8,10H,1H2;6-7,9-10H,4-5H2,1-3H3/t;6-,7?,9?,10?,17?/m.1/s1. The van der Waals surface area contributed by atoms with Gasteiger partial charge in [-0.15, -0.1) is 0 Å². The van der Waals surface area contributed by atoms with Gasteiger partial charge in [0.1, 0.15) is 11.0 Å². The van der Waals surface area contributed by atoms with Crippen LogP contribution in [0.3, 0.4) is 0 Å². The zero-order valence-electron chi connectivity index (χ0n) is 18.9. The minimum Gasteiger partial charge on any atom is -0.274 e. The fourth-order valence-electron chi connectivity index (χ4n) is 4.50. The highest BCUT2D eigenvalue weighted by atomic mass is 32.2. The van der Waals surface area contributed by atoms with Crippen LogP contribution in [0.2, 0.25) is 0 Å². The second-order valence-electron chi connectivity index (χ2n) is 8.50. The topological polar surface area (TPSA) is 74.1 Å². The summed E-state index contributed by atoms with van der Waals surface area (Å²) in [5.74, 6) is -3.81. The lowest BCUT2D eigenvalue weighted by Gasteiger charge is -2.36. The molecule has 2 fully saturated rings. The highest BCUT2D eigenvalue weighted by Crippen LogP contribution is 2.48. The highest BCUT2D eigenvalue weighted by Gasteiger charge is 2.56. The smallest absolute Gasteiger partial charge is 0.251 e. The van der Waals surface area contributed by atoms with Crippen LogP contribution in [0.15, 0.2) is 49.2 Å². The Bertz CT molecular complexity index is 1100. The van der Waals surface area contributed by atoms with Gasteiger partial charge in [-0.2, -0.15) is 5.26 Å². The molecule has 0 N–H and O–H groups in total. The van der Waals surface area contributed by atoms with E-state index in [1.165, 1.54) is 18.2 Å². The summed E-state index contributed by atoms with van der Waals surface area (Å²) < 4.78 is 40.6. The minimum absolute atomic E-state index is 0.0608. The number of nitriles is 1. The monoisotopic (exact) mass is 471 g/mol. The summed E-state index contributed by atoms with van der Waals surface area (Å²) in [4.78, 5) is 15.6. The van der Waals surface area contributed by atoms with Gasteiger partial charge in [0.2, 0.25) is 5.91 Å². The SMILES string of the molecule is C=Cc1ccc(-c2ccccc2C#N)cn1.CC(=O)N1C(C)C2C[C@@H](C)C(F)(F)CC2S1=O. The lowest BCUT2D eigenvalue weighted by atomic mass is 9.76. The van der Waals surface area contributed by atoms with Crippen LogP contribution in [-0.4, -0.2) is 36.6 Å². The van der Waals surface area contributed by atoms with Crippen molar-refractivity contribution in [1.29, 1.82) is 5.26 Å². The molecule has 0 bridgehead atoms. The van der Waals surface area contributed by atoms with Crippen molar-refractivity contribution in [2.75, 3.05) is 0 Å². The summed E-state index contributed by atoms with van der Waals surface area (Å²) in [6.07, 6.45) is 3.43. The van der Waals surface area contributed by atoms with Crippen molar-refractivity contribution in [1.82, 2.24) is 9.29 Å². The summed E-state index contributed by atoms with van der Waals surface area (Å²) in [6, 6.07) is 13.3. The summed E-state index contributed by atoms with van der Waals surface area (Å²) in [6.45, 7) is 8.33. The van der Waals surface area contributed by atoms with E-state index in [-0.39, 0.29) is 24.3 Å². The van der Waals surface area contributed by atoms with Gasteiger partial charge >= 0.3 is 0 Å². The van der Waals surface area contributed by atoms with Gasteiger partial charge in [0.05, 0.1) is 22.6 Å². The fourth-order valence-corrected chi connectivity index (χ4v) is 6.53. The number of carbonyl (C=O) groups is 1. The molecular formula is C25H27F2N3O2S. The van der Waals surface area contributed by atoms with Gasteiger partial charge in [0, 0.05) is 42.6 Å². The molecule has 2 aliphatic rings. The Morgan fingerprint density at radius 2 is 2.00 bits per heavy atom. The third-order valence-corrected chi connectivity index (χ3v) is 8.42. The Balaban J connectivity index is 0.000000186.